The van der Waals surface area contributed by atoms with Gasteiger partial charge in [-0.15, -0.1) is 0 Å². The van der Waals surface area contributed by atoms with Gasteiger partial charge in [-0.05, 0) is 37.5 Å². The summed E-state index contributed by atoms with van der Waals surface area (Å²) in [6, 6.07) is 0. The van der Waals surface area contributed by atoms with Crippen molar-refractivity contribution in [1.82, 2.24) is 10.3 Å². The Labute approximate surface area is 208 Å². The summed E-state index contributed by atoms with van der Waals surface area (Å²) in [6.07, 6.45) is 2.72. The Hall–Kier alpha value is -1.22. The number of fused-ring (bicyclic) bond motifs is 3. The van der Waals surface area contributed by atoms with E-state index >= 15 is 0 Å². The van der Waals surface area contributed by atoms with Crippen LogP contribution in [0.2, 0.25) is 0 Å². The number of hydrazone groups is 1. The van der Waals surface area contributed by atoms with Crippen molar-refractivity contribution >= 4 is 11.6 Å². The smallest absolute Gasteiger partial charge is 0.223 e. The summed E-state index contributed by atoms with van der Waals surface area (Å²) in [4.78, 5) is 12.5. The number of carbonyl (C=O) groups excluding carboxylic acids is 1. The summed E-state index contributed by atoms with van der Waals surface area (Å²) in [5, 5.41) is 33.0. The van der Waals surface area contributed by atoms with Gasteiger partial charge in [0, 0.05) is 41.5 Å². The highest BCUT2D eigenvalue weighted by molar-refractivity contribution is 5.94. The molecular weight excluding hydrogens is 446 g/mol. The molecule has 3 heterocycles. The lowest BCUT2D eigenvalue weighted by Gasteiger charge is -2.70. The Morgan fingerprint density at radius 1 is 1.09 bits per heavy atom. The first-order valence-electron chi connectivity index (χ1n) is 13.8. The van der Waals surface area contributed by atoms with Crippen molar-refractivity contribution in [2.24, 2.45) is 45.5 Å². The molecule has 0 aromatic rings. The largest absolute Gasteiger partial charge is 0.393 e. The molecule has 0 aromatic carbocycles. The van der Waals surface area contributed by atoms with Crippen LogP contribution in [0.5, 0.6) is 0 Å². The SMILES string of the molecule is CC1CCC2C(C)(C)C(=NN3CCOCC3)C(O)CC23OC2C(CC13C)C(O)CC1C(=O)NCC12. The standard InChI is InChI=1S/C27H43N3O5/c1-15-5-6-21-25(2,3)23(29-30-7-9-34-10-8-30)20(32)13-27(21)26(15,4)12-17-19(31)11-16-18(22(17)35-27)14-28-24(16)33/h15-22,31-32H,5-14H2,1-4H3,(H,28,33). The number of aliphatic hydroxyl groups is 2. The van der Waals surface area contributed by atoms with Crippen molar-refractivity contribution in [2.45, 2.75) is 83.7 Å². The predicted molar refractivity (Wildman–Crippen MR) is 131 cm³/mol. The number of hydrogen-bond donors (Lipinski definition) is 3. The van der Waals surface area contributed by atoms with Gasteiger partial charge in [0.05, 0.1) is 55.9 Å². The molecule has 3 aliphatic heterocycles. The molecule has 1 amide bonds. The van der Waals surface area contributed by atoms with E-state index in [1.165, 1.54) is 0 Å². The molecule has 6 fully saturated rings. The average Bonchev–Trinajstić information content (AvgIpc) is 3.18. The molecule has 3 N–H and O–H groups in total. The maximum absolute atomic E-state index is 12.5. The molecular formula is C27H43N3O5. The summed E-state index contributed by atoms with van der Waals surface area (Å²) in [5.41, 5.74) is -0.131. The van der Waals surface area contributed by atoms with Gasteiger partial charge < -0.3 is 25.0 Å². The molecule has 6 rings (SSSR count). The monoisotopic (exact) mass is 489 g/mol. The third kappa shape index (κ3) is 3.32. The van der Waals surface area contributed by atoms with Crippen LogP contribution in [0.3, 0.4) is 0 Å². The first kappa shape index (κ1) is 24.1. The second-order valence-electron chi connectivity index (χ2n) is 13.1. The number of hydrogen-bond acceptors (Lipinski definition) is 7. The third-order valence-corrected chi connectivity index (χ3v) is 11.3. The second-order valence-corrected chi connectivity index (χ2v) is 13.1. The fourth-order valence-electron chi connectivity index (χ4n) is 9.18. The number of rotatable bonds is 1. The molecule has 3 saturated heterocycles. The molecule has 1 spiro atoms. The van der Waals surface area contributed by atoms with Crippen molar-refractivity contribution in [1.29, 1.82) is 0 Å². The summed E-state index contributed by atoms with van der Waals surface area (Å²) in [7, 11) is 0. The summed E-state index contributed by atoms with van der Waals surface area (Å²) < 4.78 is 12.8. The molecule has 8 nitrogen and oxygen atoms in total. The lowest BCUT2D eigenvalue weighted by Crippen LogP contribution is -2.74. The lowest BCUT2D eigenvalue weighted by atomic mass is 9.42. The number of aliphatic hydroxyl groups excluding tert-OH is 2. The maximum atomic E-state index is 12.5. The van der Waals surface area contributed by atoms with Crippen LogP contribution in [-0.2, 0) is 14.3 Å². The van der Waals surface area contributed by atoms with Crippen LogP contribution in [0.25, 0.3) is 0 Å². The Morgan fingerprint density at radius 2 is 1.83 bits per heavy atom. The lowest BCUT2D eigenvalue weighted by molar-refractivity contribution is -0.323. The normalized spacial score (nSPS) is 52.2. The average molecular weight is 490 g/mol. The predicted octanol–water partition coefficient (Wildman–Crippen LogP) is 1.79. The van der Waals surface area contributed by atoms with Gasteiger partial charge in [-0.1, -0.05) is 27.7 Å². The van der Waals surface area contributed by atoms with Gasteiger partial charge in [0.2, 0.25) is 5.91 Å². The van der Waals surface area contributed by atoms with Crippen LogP contribution in [0.4, 0.5) is 0 Å². The Balaban J connectivity index is 1.40. The molecule has 35 heavy (non-hydrogen) atoms. The van der Waals surface area contributed by atoms with Crippen molar-refractivity contribution in [2.75, 3.05) is 32.8 Å². The van der Waals surface area contributed by atoms with Crippen molar-refractivity contribution in [3.8, 4) is 0 Å². The zero-order chi connectivity index (χ0) is 24.8. The van der Waals surface area contributed by atoms with E-state index < -0.39 is 17.8 Å². The van der Waals surface area contributed by atoms with Gasteiger partial charge >= 0.3 is 0 Å². The molecule has 196 valence electrons. The van der Waals surface area contributed by atoms with E-state index in [2.05, 4.69) is 38.0 Å². The van der Waals surface area contributed by atoms with E-state index in [-0.39, 0.29) is 46.5 Å². The molecule has 0 aromatic heterocycles. The molecule has 0 radical (unpaired) electrons. The Morgan fingerprint density at radius 3 is 2.57 bits per heavy atom. The fourth-order valence-corrected chi connectivity index (χ4v) is 9.18. The van der Waals surface area contributed by atoms with Crippen LogP contribution in [0.1, 0.15) is 59.8 Å². The molecule has 8 heteroatoms. The molecule has 0 bridgehead atoms. The second kappa shape index (κ2) is 8.14. The summed E-state index contributed by atoms with van der Waals surface area (Å²) in [6.45, 7) is 12.6. The highest BCUT2D eigenvalue weighted by Gasteiger charge is 2.71. The van der Waals surface area contributed by atoms with Crippen molar-refractivity contribution < 1.29 is 24.5 Å². The molecule has 3 saturated carbocycles. The minimum atomic E-state index is -0.682. The van der Waals surface area contributed by atoms with E-state index in [1.807, 2.05) is 0 Å². The maximum Gasteiger partial charge on any atom is 0.223 e. The van der Waals surface area contributed by atoms with Gasteiger partial charge in [-0.3, -0.25) is 9.80 Å². The molecule has 10 unspecified atom stereocenters. The third-order valence-electron chi connectivity index (χ3n) is 11.3. The highest BCUT2D eigenvalue weighted by Crippen LogP contribution is 2.68. The van der Waals surface area contributed by atoms with Crippen LogP contribution in [0.15, 0.2) is 5.10 Å². The van der Waals surface area contributed by atoms with Gasteiger partial charge in [-0.2, -0.15) is 5.10 Å². The van der Waals surface area contributed by atoms with E-state index in [0.717, 1.165) is 38.1 Å². The van der Waals surface area contributed by atoms with Crippen molar-refractivity contribution in [3.05, 3.63) is 0 Å². The number of carbonyl (C=O) groups is 1. The number of morpholine rings is 1. The zero-order valence-electron chi connectivity index (χ0n) is 21.7. The minimum absolute atomic E-state index is 0.0319. The quantitative estimate of drug-likeness (QED) is 0.519. The van der Waals surface area contributed by atoms with E-state index in [0.29, 0.717) is 38.5 Å². The molecule has 10 atom stereocenters. The van der Waals surface area contributed by atoms with Crippen LogP contribution in [-0.4, -0.2) is 83.6 Å². The van der Waals surface area contributed by atoms with E-state index in [4.69, 9.17) is 14.6 Å². The first-order valence-corrected chi connectivity index (χ1v) is 13.8. The Kier molecular flexibility index (Phi) is 5.61. The number of ether oxygens (including phenoxy) is 2. The van der Waals surface area contributed by atoms with E-state index in [1.54, 1.807) is 0 Å². The summed E-state index contributed by atoms with van der Waals surface area (Å²) >= 11 is 0. The first-order chi connectivity index (χ1) is 16.6. The topological polar surface area (TPSA) is 104 Å². The van der Waals surface area contributed by atoms with Crippen LogP contribution >= 0.6 is 0 Å². The molecule has 3 aliphatic carbocycles. The van der Waals surface area contributed by atoms with E-state index in [9.17, 15) is 15.0 Å². The molecule has 6 aliphatic rings. The van der Waals surface area contributed by atoms with Gasteiger partial charge in [-0.25, -0.2) is 0 Å². The van der Waals surface area contributed by atoms with Gasteiger partial charge in [0.25, 0.3) is 0 Å². The number of amides is 1. The van der Waals surface area contributed by atoms with Crippen LogP contribution < -0.4 is 5.32 Å². The highest BCUT2D eigenvalue weighted by atomic mass is 16.5. The van der Waals surface area contributed by atoms with Gasteiger partial charge in [0.1, 0.15) is 0 Å². The van der Waals surface area contributed by atoms with Gasteiger partial charge in [0.15, 0.2) is 0 Å². The van der Waals surface area contributed by atoms with Crippen LogP contribution in [0, 0.1) is 40.4 Å². The van der Waals surface area contributed by atoms with Crippen molar-refractivity contribution in [3.63, 3.8) is 0 Å². The fraction of sp³-hybridized carbons (Fsp3) is 0.926. The minimum Gasteiger partial charge on any atom is -0.393 e. The zero-order valence-corrected chi connectivity index (χ0v) is 21.7. The number of nitrogens with one attached hydrogen (secondary N) is 1. The summed E-state index contributed by atoms with van der Waals surface area (Å²) in [5.74, 6) is 0.642. The number of nitrogens with zero attached hydrogens (tertiary/aromatic N) is 2. The Bertz CT molecular complexity index is 903.